The van der Waals surface area contributed by atoms with E-state index in [9.17, 15) is 17.6 Å². The molecule has 0 amide bonds. The average Bonchev–Trinajstić information content (AvgIpc) is 2.30. The van der Waals surface area contributed by atoms with Crippen LogP contribution in [0.4, 0.5) is 17.6 Å². The van der Waals surface area contributed by atoms with E-state index >= 15 is 0 Å². The van der Waals surface area contributed by atoms with Crippen LogP contribution >= 0.6 is 0 Å². The summed E-state index contributed by atoms with van der Waals surface area (Å²) in [5.41, 5.74) is 4.96. The van der Waals surface area contributed by atoms with Crippen molar-refractivity contribution in [3.8, 4) is 5.75 Å². The van der Waals surface area contributed by atoms with Crippen molar-refractivity contribution in [3.63, 3.8) is 0 Å². The predicted molar refractivity (Wildman–Crippen MR) is 60.3 cm³/mol. The number of alkyl halides is 4. The summed E-state index contributed by atoms with van der Waals surface area (Å²) in [7, 11) is 0. The topological polar surface area (TPSA) is 35.2 Å². The van der Waals surface area contributed by atoms with E-state index in [2.05, 4.69) is 0 Å². The Bertz CT molecular complexity index is 379. The molecule has 0 spiro atoms. The van der Waals surface area contributed by atoms with Gasteiger partial charge < -0.3 is 10.5 Å². The molecule has 102 valence electrons. The van der Waals surface area contributed by atoms with Gasteiger partial charge in [-0.15, -0.1) is 0 Å². The molecule has 0 aromatic heterocycles. The van der Waals surface area contributed by atoms with Gasteiger partial charge in [0.2, 0.25) is 0 Å². The largest absolute Gasteiger partial charge is 0.493 e. The van der Waals surface area contributed by atoms with Gasteiger partial charge in [-0.3, -0.25) is 4.39 Å². The standard InChI is InChI=1S/C12H15F4NO/c13-5-1-7-18-11-3-2-9(4-6-17)8-10(11)12(14,15)16/h2-3,8H,1,4-7,17H2. The Kier molecular flexibility index (Phi) is 5.40. The molecule has 1 rings (SSSR count). The Morgan fingerprint density at radius 3 is 2.50 bits per heavy atom. The number of ether oxygens (including phenoxy) is 1. The van der Waals surface area contributed by atoms with E-state index in [1.54, 1.807) is 0 Å². The van der Waals surface area contributed by atoms with Crippen LogP contribution in [-0.2, 0) is 12.6 Å². The lowest BCUT2D eigenvalue weighted by atomic mass is 10.1. The van der Waals surface area contributed by atoms with Crippen molar-refractivity contribution < 1.29 is 22.3 Å². The number of nitrogens with two attached hydrogens (primary N) is 1. The van der Waals surface area contributed by atoms with Gasteiger partial charge in [-0.1, -0.05) is 6.07 Å². The first kappa shape index (κ1) is 14.8. The third-order valence-corrected chi connectivity index (χ3v) is 2.32. The van der Waals surface area contributed by atoms with Gasteiger partial charge in [-0.25, -0.2) is 0 Å². The highest BCUT2D eigenvalue weighted by Crippen LogP contribution is 2.36. The van der Waals surface area contributed by atoms with Gasteiger partial charge >= 0.3 is 6.18 Å². The molecule has 1 aromatic rings. The van der Waals surface area contributed by atoms with Crippen LogP contribution < -0.4 is 10.5 Å². The van der Waals surface area contributed by atoms with Crippen LogP contribution in [-0.4, -0.2) is 19.8 Å². The first-order valence-electron chi connectivity index (χ1n) is 5.58. The fraction of sp³-hybridized carbons (Fsp3) is 0.500. The first-order valence-corrected chi connectivity index (χ1v) is 5.58. The highest BCUT2D eigenvalue weighted by Gasteiger charge is 2.34. The minimum atomic E-state index is -4.49. The van der Waals surface area contributed by atoms with E-state index in [1.807, 2.05) is 0 Å². The van der Waals surface area contributed by atoms with Crippen LogP contribution in [0.25, 0.3) is 0 Å². The number of rotatable bonds is 6. The highest BCUT2D eigenvalue weighted by molar-refractivity contribution is 5.39. The Balaban J connectivity index is 2.94. The van der Waals surface area contributed by atoms with E-state index in [1.165, 1.54) is 12.1 Å². The number of hydrogen-bond donors (Lipinski definition) is 1. The summed E-state index contributed by atoms with van der Waals surface area (Å²) in [5, 5.41) is 0. The second kappa shape index (κ2) is 6.58. The molecule has 18 heavy (non-hydrogen) atoms. The Labute approximate surface area is 103 Å². The van der Waals surface area contributed by atoms with Crippen molar-refractivity contribution in [2.75, 3.05) is 19.8 Å². The van der Waals surface area contributed by atoms with Gasteiger partial charge in [0.25, 0.3) is 0 Å². The molecular weight excluding hydrogens is 250 g/mol. The zero-order chi connectivity index (χ0) is 13.6. The van der Waals surface area contributed by atoms with Crippen LogP contribution in [0.15, 0.2) is 18.2 Å². The van der Waals surface area contributed by atoms with Crippen LogP contribution in [0.3, 0.4) is 0 Å². The Hall–Kier alpha value is -1.30. The van der Waals surface area contributed by atoms with Gasteiger partial charge in [0, 0.05) is 6.42 Å². The van der Waals surface area contributed by atoms with Crippen LogP contribution in [0.2, 0.25) is 0 Å². The smallest absolute Gasteiger partial charge is 0.419 e. The van der Waals surface area contributed by atoms with Crippen LogP contribution in [0, 0.1) is 0 Å². The van der Waals surface area contributed by atoms with Gasteiger partial charge in [-0.05, 0) is 30.7 Å². The van der Waals surface area contributed by atoms with Crippen molar-refractivity contribution in [1.29, 1.82) is 0 Å². The number of hydrogen-bond acceptors (Lipinski definition) is 2. The second-order valence-electron chi connectivity index (χ2n) is 3.76. The molecule has 2 nitrogen and oxygen atoms in total. The average molecular weight is 265 g/mol. The lowest BCUT2D eigenvalue weighted by Crippen LogP contribution is -2.11. The van der Waals surface area contributed by atoms with Gasteiger partial charge in [0.15, 0.2) is 0 Å². The quantitative estimate of drug-likeness (QED) is 0.634. The zero-order valence-corrected chi connectivity index (χ0v) is 9.77. The maximum atomic E-state index is 12.8. The van der Waals surface area contributed by atoms with Crippen molar-refractivity contribution in [3.05, 3.63) is 29.3 Å². The first-order chi connectivity index (χ1) is 8.49. The maximum Gasteiger partial charge on any atom is 0.419 e. The predicted octanol–water partition coefficient (Wildman–Crippen LogP) is 2.95. The van der Waals surface area contributed by atoms with Gasteiger partial charge in [-0.2, -0.15) is 13.2 Å². The lowest BCUT2D eigenvalue weighted by molar-refractivity contribution is -0.139. The van der Waals surface area contributed by atoms with E-state index in [-0.39, 0.29) is 25.3 Å². The maximum absolute atomic E-state index is 12.8. The molecule has 0 atom stereocenters. The van der Waals surface area contributed by atoms with Crippen molar-refractivity contribution >= 4 is 0 Å². The number of benzene rings is 1. The summed E-state index contributed by atoms with van der Waals surface area (Å²) in [4.78, 5) is 0. The van der Waals surface area contributed by atoms with Crippen molar-refractivity contribution in [2.24, 2.45) is 5.73 Å². The van der Waals surface area contributed by atoms with E-state index < -0.39 is 18.4 Å². The van der Waals surface area contributed by atoms with Crippen LogP contribution in [0.1, 0.15) is 17.5 Å². The summed E-state index contributed by atoms with van der Waals surface area (Å²) in [6.07, 6.45) is -4.05. The fourth-order valence-electron chi connectivity index (χ4n) is 1.48. The normalized spacial score (nSPS) is 11.6. The lowest BCUT2D eigenvalue weighted by Gasteiger charge is -2.15. The summed E-state index contributed by atoms with van der Waals surface area (Å²) < 4.78 is 55.2. The van der Waals surface area contributed by atoms with Gasteiger partial charge in [0.1, 0.15) is 5.75 Å². The minimum absolute atomic E-state index is 0.0713. The molecule has 0 aliphatic rings. The third-order valence-electron chi connectivity index (χ3n) is 2.32. The second-order valence-corrected chi connectivity index (χ2v) is 3.76. The third kappa shape index (κ3) is 4.18. The Morgan fingerprint density at radius 1 is 1.22 bits per heavy atom. The summed E-state index contributed by atoms with van der Waals surface area (Å²) in [6, 6.07) is 3.82. The molecule has 0 saturated carbocycles. The summed E-state index contributed by atoms with van der Waals surface area (Å²) in [5.74, 6) is -0.267. The van der Waals surface area contributed by atoms with E-state index in [4.69, 9.17) is 10.5 Å². The van der Waals surface area contributed by atoms with Crippen LogP contribution in [0.5, 0.6) is 5.75 Å². The molecule has 0 saturated heterocycles. The molecule has 0 aliphatic carbocycles. The molecule has 2 N–H and O–H groups in total. The fourth-order valence-corrected chi connectivity index (χ4v) is 1.48. The molecule has 0 radical (unpaired) electrons. The molecule has 0 bridgehead atoms. The Morgan fingerprint density at radius 2 is 1.94 bits per heavy atom. The minimum Gasteiger partial charge on any atom is -0.493 e. The van der Waals surface area contributed by atoms with Crippen molar-refractivity contribution in [1.82, 2.24) is 0 Å². The highest BCUT2D eigenvalue weighted by atomic mass is 19.4. The molecule has 0 unspecified atom stereocenters. The van der Waals surface area contributed by atoms with E-state index in [0.717, 1.165) is 6.07 Å². The van der Waals surface area contributed by atoms with Gasteiger partial charge in [0.05, 0.1) is 18.8 Å². The monoisotopic (exact) mass is 265 g/mol. The molecule has 0 aliphatic heterocycles. The molecule has 0 heterocycles. The van der Waals surface area contributed by atoms with Crippen molar-refractivity contribution in [2.45, 2.75) is 19.0 Å². The van der Waals surface area contributed by atoms with E-state index in [0.29, 0.717) is 12.0 Å². The molecule has 0 fully saturated rings. The molecular formula is C12H15F4NO. The summed E-state index contributed by atoms with van der Waals surface area (Å²) >= 11 is 0. The molecule has 1 aromatic carbocycles. The zero-order valence-electron chi connectivity index (χ0n) is 9.77. The summed E-state index contributed by atoms with van der Waals surface area (Å²) in [6.45, 7) is -0.415. The molecule has 6 heteroatoms. The SMILES string of the molecule is NCCc1ccc(OCCCF)c(C(F)(F)F)c1. The number of halogens is 4.